The number of halogens is 5. The van der Waals surface area contributed by atoms with Gasteiger partial charge in [0.25, 0.3) is 0 Å². The molecule has 41 heavy (non-hydrogen) atoms. The van der Waals surface area contributed by atoms with Gasteiger partial charge in [0.15, 0.2) is 0 Å². The molecule has 1 saturated carbocycles. The molecule has 0 aliphatic heterocycles. The number of alkyl halides is 4. The van der Waals surface area contributed by atoms with Gasteiger partial charge in [-0.2, -0.15) is 13.2 Å². The summed E-state index contributed by atoms with van der Waals surface area (Å²) in [7, 11) is 0. The van der Waals surface area contributed by atoms with Crippen LogP contribution in [0.1, 0.15) is 44.7 Å². The lowest BCUT2D eigenvalue weighted by atomic mass is 9.97. The zero-order valence-corrected chi connectivity index (χ0v) is 26.3. The molecular formula is C31H34ClF3INO4. The van der Waals surface area contributed by atoms with Gasteiger partial charge < -0.3 is 14.8 Å². The minimum Gasteiger partial charge on any atom is -0.461 e. The number of esters is 1. The fraction of sp³-hybridized carbons (Fsp3) is 0.419. The van der Waals surface area contributed by atoms with Crippen LogP contribution in [0.25, 0.3) is 11.1 Å². The third-order valence-electron chi connectivity index (χ3n) is 6.74. The number of rotatable bonds is 8. The molecule has 1 fully saturated rings. The molecule has 0 radical (unpaired) electrons. The normalized spacial score (nSPS) is 17.2. The molecule has 1 aliphatic rings. The SMILES string of the molecule is CCCCNC(=O)OC#CCI.Cc1c(COC(=O)C2C(/C=C(\Cl)C(F)(F)F)C2(C)C)cccc1-c1ccccc1. The van der Waals surface area contributed by atoms with Gasteiger partial charge in [0.2, 0.25) is 0 Å². The quantitative estimate of drug-likeness (QED) is 0.0984. The summed E-state index contributed by atoms with van der Waals surface area (Å²) in [5.41, 5.74) is 3.34. The molecule has 0 saturated heterocycles. The van der Waals surface area contributed by atoms with E-state index in [-0.39, 0.29) is 6.61 Å². The first kappa shape index (κ1) is 34.5. The second kappa shape index (κ2) is 16.1. The van der Waals surface area contributed by atoms with Crippen molar-refractivity contribution < 1.29 is 32.2 Å². The number of carbonyl (C=O) groups is 2. The molecule has 0 aromatic heterocycles. The van der Waals surface area contributed by atoms with E-state index in [1.165, 1.54) is 0 Å². The molecule has 2 aromatic rings. The lowest BCUT2D eigenvalue weighted by Gasteiger charge is -2.12. The molecule has 0 bridgehead atoms. The third kappa shape index (κ3) is 10.6. The minimum absolute atomic E-state index is 0.0708. The molecule has 0 spiro atoms. The summed E-state index contributed by atoms with van der Waals surface area (Å²) in [6.45, 7) is 8.22. The largest absolute Gasteiger partial charge is 0.461 e. The lowest BCUT2D eigenvalue weighted by molar-refractivity contribution is -0.147. The van der Waals surface area contributed by atoms with Gasteiger partial charge in [0, 0.05) is 6.54 Å². The molecular weight excluding hydrogens is 670 g/mol. The number of amides is 1. The Kier molecular flexibility index (Phi) is 13.5. The summed E-state index contributed by atoms with van der Waals surface area (Å²) in [5, 5.41) is 1.38. The van der Waals surface area contributed by atoms with Crippen molar-refractivity contribution in [2.45, 2.75) is 53.3 Å². The van der Waals surface area contributed by atoms with Gasteiger partial charge in [-0.25, -0.2) is 4.79 Å². The molecule has 0 heterocycles. The van der Waals surface area contributed by atoms with Crippen LogP contribution < -0.4 is 5.32 Å². The van der Waals surface area contributed by atoms with Crippen LogP contribution in [0.3, 0.4) is 0 Å². The highest BCUT2D eigenvalue weighted by molar-refractivity contribution is 14.1. The molecule has 1 N–H and O–H groups in total. The van der Waals surface area contributed by atoms with E-state index in [0.717, 1.165) is 41.2 Å². The van der Waals surface area contributed by atoms with Gasteiger partial charge in [-0.1, -0.05) is 116 Å². The van der Waals surface area contributed by atoms with Gasteiger partial charge in [-0.05, 0) is 52.9 Å². The fourth-order valence-corrected chi connectivity index (χ4v) is 4.50. The fourth-order valence-electron chi connectivity index (χ4n) is 4.21. The smallest absolute Gasteiger partial charge is 0.426 e. The number of allylic oxidation sites excluding steroid dienone is 2. The number of hydrogen-bond acceptors (Lipinski definition) is 4. The van der Waals surface area contributed by atoms with Crippen LogP contribution in [-0.4, -0.2) is 29.2 Å². The van der Waals surface area contributed by atoms with Gasteiger partial charge in [-0.15, -0.1) is 0 Å². The number of hydrogen-bond donors (Lipinski definition) is 1. The lowest BCUT2D eigenvalue weighted by Crippen LogP contribution is -2.23. The maximum absolute atomic E-state index is 12.7. The zero-order valence-electron chi connectivity index (χ0n) is 23.4. The van der Waals surface area contributed by atoms with Crippen LogP contribution in [-0.2, 0) is 20.9 Å². The summed E-state index contributed by atoms with van der Waals surface area (Å²) in [6, 6.07) is 15.6. The Balaban J connectivity index is 0.000000415. The summed E-state index contributed by atoms with van der Waals surface area (Å²) in [5.74, 6) is 0.877. The molecule has 222 valence electrons. The van der Waals surface area contributed by atoms with Crippen LogP contribution in [0.15, 0.2) is 59.6 Å². The number of alkyl carbamates (subject to hydrolysis) is 1. The predicted molar refractivity (Wildman–Crippen MR) is 163 cm³/mol. The van der Waals surface area contributed by atoms with Gasteiger partial charge >= 0.3 is 18.2 Å². The standard InChI is InChI=1S/C23H22ClF3O2.C8H12INO2/c1-14-16(10-7-11-17(14)15-8-5-4-6-9-15)13-29-21(28)20-18(22(20,2)3)12-19(24)23(25,26)27;1-2-3-6-10-8(11)12-7-4-5-9/h4-12,18,20H,13H2,1-3H3;2-3,5-6H2,1H3,(H,10,11)/b19-12-;. The summed E-state index contributed by atoms with van der Waals surface area (Å²) < 4.78 is 48.7. The molecule has 5 nitrogen and oxygen atoms in total. The first-order valence-corrected chi connectivity index (χ1v) is 15.0. The third-order valence-corrected chi connectivity index (χ3v) is 7.47. The highest BCUT2D eigenvalue weighted by atomic mass is 127. The molecule has 3 rings (SSSR count). The summed E-state index contributed by atoms with van der Waals surface area (Å²) in [6.07, 6.45) is 0.175. The van der Waals surface area contributed by atoms with Gasteiger partial charge in [-0.3, -0.25) is 4.79 Å². The van der Waals surface area contributed by atoms with Crippen molar-refractivity contribution in [1.82, 2.24) is 5.32 Å². The number of ether oxygens (including phenoxy) is 2. The Morgan fingerprint density at radius 1 is 1.15 bits per heavy atom. The van der Waals surface area contributed by atoms with Crippen LogP contribution in [0.2, 0.25) is 0 Å². The molecule has 1 aliphatic carbocycles. The maximum Gasteiger partial charge on any atom is 0.426 e. The van der Waals surface area contributed by atoms with E-state index in [2.05, 4.69) is 51.6 Å². The van der Waals surface area contributed by atoms with E-state index in [1.54, 1.807) is 13.8 Å². The average Bonchev–Trinajstić information content (AvgIpc) is 3.47. The molecule has 2 aromatic carbocycles. The van der Waals surface area contributed by atoms with E-state index >= 15 is 0 Å². The monoisotopic (exact) mass is 703 g/mol. The first-order chi connectivity index (χ1) is 19.3. The number of benzene rings is 2. The zero-order chi connectivity index (χ0) is 30.6. The van der Waals surface area contributed by atoms with E-state index in [1.807, 2.05) is 55.5 Å². The van der Waals surface area contributed by atoms with Crippen molar-refractivity contribution in [3.63, 3.8) is 0 Å². The highest BCUT2D eigenvalue weighted by Gasteiger charge is 2.62. The Morgan fingerprint density at radius 3 is 2.44 bits per heavy atom. The van der Waals surface area contributed by atoms with Crippen molar-refractivity contribution in [1.29, 1.82) is 0 Å². The minimum atomic E-state index is -4.61. The van der Waals surface area contributed by atoms with Gasteiger partial charge in [0.1, 0.15) is 17.7 Å². The molecule has 10 heteroatoms. The van der Waals surface area contributed by atoms with Crippen molar-refractivity contribution >= 4 is 46.3 Å². The average molecular weight is 704 g/mol. The topological polar surface area (TPSA) is 64.6 Å². The number of carbonyl (C=O) groups excluding carboxylic acids is 2. The van der Waals surface area contributed by atoms with Crippen LogP contribution >= 0.6 is 34.2 Å². The molecule has 2 atom stereocenters. The predicted octanol–water partition coefficient (Wildman–Crippen LogP) is 8.57. The van der Waals surface area contributed by atoms with E-state index in [9.17, 15) is 22.8 Å². The Morgan fingerprint density at radius 2 is 1.83 bits per heavy atom. The molecule has 2 unspecified atom stereocenters. The van der Waals surface area contributed by atoms with Gasteiger partial charge in [0.05, 0.1) is 10.3 Å². The summed E-state index contributed by atoms with van der Waals surface area (Å²) >= 11 is 7.43. The van der Waals surface area contributed by atoms with Crippen molar-refractivity contribution in [3.8, 4) is 23.2 Å². The van der Waals surface area contributed by atoms with Crippen LogP contribution in [0.5, 0.6) is 0 Å². The second-order valence-corrected chi connectivity index (χ2v) is 11.2. The van der Waals surface area contributed by atoms with E-state index < -0.39 is 40.5 Å². The number of unbranched alkanes of at least 4 members (excludes halogenated alkanes) is 1. The van der Waals surface area contributed by atoms with E-state index in [0.29, 0.717) is 11.0 Å². The van der Waals surface area contributed by atoms with Crippen molar-refractivity contribution in [3.05, 3.63) is 70.8 Å². The Labute approximate surface area is 258 Å². The van der Waals surface area contributed by atoms with Crippen molar-refractivity contribution in [2.75, 3.05) is 11.0 Å². The van der Waals surface area contributed by atoms with Crippen LogP contribution in [0, 0.1) is 36.2 Å². The van der Waals surface area contributed by atoms with Crippen molar-refractivity contribution in [2.24, 2.45) is 17.3 Å². The highest BCUT2D eigenvalue weighted by Crippen LogP contribution is 2.60. The summed E-state index contributed by atoms with van der Waals surface area (Å²) in [4.78, 5) is 23.3. The Bertz CT molecular complexity index is 1270. The molecule has 1 amide bonds. The second-order valence-electron chi connectivity index (χ2n) is 9.98. The Hall–Kier alpha value is -2.71. The number of nitrogens with one attached hydrogen (secondary N) is 1. The van der Waals surface area contributed by atoms with Crippen LogP contribution in [0.4, 0.5) is 18.0 Å². The van der Waals surface area contributed by atoms with E-state index in [4.69, 9.17) is 16.3 Å². The first-order valence-electron chi connectivity index (χ1n) is 13.1. The maximum atomic E-state index is 12.7.